The quantitative estimate of drug-likeness (QED) is 0.534. The van der Waals surface area contributed by atoms with Crippen molar-refractivity contribution in [3.05, 3.63) is 60.2 Å². The van der Waals surface area contributed by atoms with Crippen LogP contribution in [0.2, 0.25) is 0 Å². The molecule has 7 heteroatoms. The Morgan fingerprint density at radius 3 is 2.59 bits per heavy atom. The van der Waals surface area contributed by atoms with Gasteiger partial charge in [-0.3, -0.25) is 4.79 Å². The predicted octanol–water partition coefficient (Wildman–Crippen LogP) is 4.24. The molecule has 3 aromatic rings. The van der Waals surface area contributed by atoms with Crippen molar-refractivity contribution in [3.8, 4) is 17.1 Å². The summed E-state index contributed by atoms with van der Waals surface area (Å²) in [6.07, 6.45) is 1.90. The Kier molecular flexibility index (Phi) is 7.30. The lowest BCUT2D eigenvalue weighted by molar-refractivity contribution is -0.119. The molecule has 0 aliphatic carbocycles. The minimum Gasteiger partial charge on any atom is -0.496 e. The molecule has 1 N–H and O–H groups in total. The molecule has 0 fully saturated rings. The summed E-state index contributed by atoms with van der Waals surface area (Å²) in [6.45, 7) is 2.12. The zero-order valence-corrected chi connectivity index (χ0v) is 17.8. The van der Waals surface area contributed by atoms with E-state index in [0.717, 1.165) is 29.7 Å². The molecule has 1 heterocycles. The van der Waals surface area contributed by atoms with Gasteiger partial charge in [-0.05, 0) is 24.1 Å². The van der Waals surface area contributed by atoms with Crippen molar-refractivity contribution in [3.63, 3.8) is 0 Å². The number of hydrogen-bond donors (Lipinski definition) is 1. The Bertz CT molecular complexity index is 943. The highest BCUT2D eigenvalue weighted by molar-refractivity contribution is 7.99. The van der Waals surface area contributed by atoms with Crippen LogP contribution < -0.4 is 10.1 Å². The molecule has 0 bridgehead atoms. The first-order chi connectivity index (χ1) is 14.1. The van der Waals surface area contributed by atoms with Crippen LogP contribution >= 0.6 is 11.8 Å². The Morgan fingerprint density at radius 2 is 1.86 bits per heavy atom. The molecule has 2 aromatic carbocycles. The molecule has 1 amide bonds. The molecule has 1 atom stereocenters. The number of amides is 1. The van der Waals surface area contributed by atoms with Gasteiger partial charge in [0, 0.05) is 7.05 Å². The number of hydrogen-bond acceptors (Lipinski definition) is 5. The Hall–Kier alpha value is -2.80. The van der Waals surface area contributed by atoms with Gasteiger partial charge in [0.05, 0.1) is 24.5 Å². The number of carbonyl (C=O) groups is 1. The van der Waals surface area contributed by atoms with Crippen LogP contribution in [0, 0.1) is 0 Å². The molecular weight excluding hydrogens is 384 g/mol. The van der Waals surface area contributed by atoms with E-state index in [2.05, 4.69) is 34.6 Å². The van der Waals surface area contributed by atoms with Crippen LogP contribution in [0.4, 0.5) is 0 Å². The van der Waals surface area contributed by atoms with Gasteiger partial charge >= 0.3 is 0 Å². The summed E-state index contributed by atoms with van der Waals surface area (Å²) >= 11 is 1.38. The smallest absolute Gasteiger partial charge is 0.230 e. The first-order valence-corrected chi connectivity index (χ1v) is 10.6. The molecule has 3 rings (SSSR count). The third-order valence-electron chi connectivity index (χ3n) is 4.63. The largest absolute Gasteiger partial charge is 0.496 e. The van der Waals surface area contributed by atoms with Crippen LogP contribution in [0.15, 0.2) is 59.8 Å². The highest BCUT2D eigenvalue weighted by atomic mass is 32.2. The Labute approximate surface area is 175 Å². The van der Waals surface area contributed by atoms with Crippen molar-refractivity contribution in [2.75, 3.05) is 12.9 Å². The van der Waals surface area contributed by atoms with Crippen LogP contribution in [0.3, 0.4) is 0 Å². The van der Waals surface area contributed by atoms with Crippen LogP contribution in [-0.4, -0.2) is 33.5 Å². The predicted molar refractivity (Wildman–Crippen MR) is 116 cm³/mol. The van der Waals surface area contributed by atoms with Crippen molar-refractivity contribution >= 4 is 17.7 Å². The van der Waals surface area contributed by atoms with E-state index < -0.39 is 0 Å². The van der Waals surface area contributed by atoms with Crippen molar-refractivity contribution in [1.29, 1.82) is 0 Å². The second-order valence-electron chi connectivity index (χ2n) is 6.67. The van der Waals surface area contributed by atoms with Gasteiger partial charge in [-0.15, -0.1) is 10.2 Å². The number of thioether (sulfide) groups is 1. The highest BCUT2D eigenvalue weighted by Crippen LogP contribution is 2.30. The Morgan fingerprint density at radius 1 is 1.14 bits per heavy atom. The SMILES string of the molecule is CCC[C@H](NC(=O)CSc1nnc(-c2ccccc2OC)n1C)c1ccccc1. The summed E-state index contributed by atoms with van der Waals surface area (Å²) in [7, 11) is 3.53. The zero-order valence-electron chi connectivity index (χ0n) is 17.0. The molecule has 0 saturated heterocycles. The van der Waals surface area contributed by atoms with Crippen molar-refractivity contribution in [2.24, 2.45) is 7.05 Å². The standard InChI is InChI=1S/C22H26N4O2S/c1-4-10-18(16-11-6-5-7-12-16)23-20(27)15-29-22-25-24-21(26(22)2)17-13-8-9-14-19(17)28-3/h5-9,11-14,18H,4,10,15H2,1-3H3,(H,23,27)/t18-/m0/s1. The van der Waals surface area contributed by atoms with E-state index in [4.69, 9.17) is 4.74 Å². The number of carbonyl (C=O) groups excluding carboxylic acids is 1. The fourth-order valence-electron chi connectivity index (χ4n) is 3.17. The Balaban J connectivity index is 1.65. The van der Waals surface area contributed by atoms with Crippen LogP contribution in [0.5, 0.6) is 5.75 Å². The van der Waals surface area contributed by atoms with Gasteiger partial charge in [-0.25, -0.2) is 0 Å². The van der Waals surface area contributed by atoms with Crippen molar-refractivity contribution < 1.29 is 9.53 Å². The van der Waals surface area contributed by atoms with Crippen LogP contribution in [0.1, 0.15) is 31.4 Å². The highest BCUT2D eigenvalue weighted by Gasteiger charge is 2.17. The number of aromatic nitrogens is 3. The van der Waals surface area contributed by atoms with Gasteiger partial charge in [-0.2, -0.15) is 0 Å². The average molecular weight is 411 g/mol. The molecule has 0 aliphatic heterocycles. The third kappa shape index (κ3) is 5.17. The summed E-state index contributed by atoms with van der Waals surface area (Å²) in [5.41, 5.74) is 2.00. The number of rotatable bonds is 9. The van der Waals surface area contributed by atoms with Gasteiger partial charge in [0.15, 0.2) is 11.0 Å². The number of ether oxygens (including phenoxy) is 1. The van der Waals surface area contributed by atoms with E-state index in [1.807, 2.05) is 54.1 Å². The van der Waals surface area contributed by atoms with E-state index in [1.54, 1.807) is 7.11 Å². The molecule has 0 spiro atoms. The maximum Gasteiger partial charge on any atom is 0.230 e. The summed E-state index contributed by atoms with van der Waals surface area (Å²) in [6, 6.07) is 17.8. The second kappa shape index (κ2) is 10.1. The van der Waals surface area contributed by atoms with Gasteiger partial charge in [0.1, 0.15) is 5.75 Å². The second-order valence-corrected chi connectivity index (χ2v) is 7.62. The fourth-order valence-corrected chi connectivity index (χ4v) is 3.89. The summed E-state index contributed by atoms with van der Waals surface area (Å²) in [4.78, 5) is 12.6. The number of methoxy groups -OCH3 is 1. The van der Waals surface area contributed by atoms with Crippen molar-refractivity contribution in [1.82, 2.24) is 20.1 Å². The van der Waals surface area contributed by atoms with E-state index in [9.17, 15) is 4.79 Å². The molecular formula is C22H26N4O2S. The van der Waals surface area contributed by atoms with Gasteiger partial charge < -0.3 is 14.6 Å². The van der Waals surface area contributed by atoms with Crippen LogP contribution in [-0.2, 0) is 11.8 Å². The maximum atomic E-state index is 12.6. The zero-order chi connectivity index (χ0) is 20.6. The molecule has 29 heavy (non-hydrogen) atoms. The maximum absolute atomic E-state index is 12.6. The third-order valence-corrected chi connectivity index (χ3v) is 5.65. The summed E-state index contributed by atoms with van der Waals surface area (Å²) in [5, 5.41) is 12.4. The topological polar surface area (TPSA) is 69.0 Å². The lowest BCUT2D eigenvalue weighted by atomic mass is 10.0. The molecule has 0 radical (unpaired) electrons. The minimum absolute atomic E-state index is 0.0147. The monoisotopic (exact) mass is 410 g/mol. The first-order valence-electron chi connectivity index (χ1n) is 9.64. The number of nitrogens with one attached hydrogen (secondary N) is 1. The molecule has 1 aromatic heterocycles. The first kappa shape index (κ1) is 20.9. The number of nitrogens with zero attached hydrogens (tertiary/aromatic N) is 3. The molecule has 0 unspecified atom stereocenters. The normalized spacial score (nSPS) is 11.8. The van der Waals surface area contributed by atoms with Crippen molar-refractivity contribution in [2.45, 2.75) is 31.0 Å². The molecule has 0 aliphatic rings. The van der Waals surface area contributed by atoms with Crippen LogP contribution in [0.25, 0.3) is 11.4 Å². The van der Waals surface area contributed by atoms with E-state index in [0.29, 0.717) is 11.0 Å². The minimum atomic E-state index is -0.0147. The number of benzene rings is 2. The molecule has 152 valence electrons. The fraction of sp³-hybridized carbons (Fsp3) is 0.318. The van der Waals surface area contributed by atoms with E-state index in [1.165, 1.54) is 11.8 Å². The molecule has 0 saturated carbocycles. The van der Waals surface area contributed by atoms with E-state index in [-0.39, 0.29) is 17.7 Å². The van der Waals surface area contributed by atoms with E-state index >= 15 is 0 Å². The lowest BCUT2D eigenvalue weighted by Crippen LogP contribution is -2.30. The van der Waals surface area contributed by atoms with Gasteiger partial charge in [-0.1, -0.05) is 67.6 Å². The summed E-state index contributed by atoms with van der Waals surface area (Å²) in [5.74, 6) is 1.71. The average Bonchev–Trinajstić information content (AvgIpc) is 3.12. The van der Waals surface area contributed by atoms with Gasteiger partial charge in [0.2, 0.25) is 5.91 Å². The molecule has 6 nitrogen and oxygen atoms in total. The number of para-hydroxylation sites is 1. The van der Waals surface area contributed by atoms with Gasteiger partial charge in [0.25, 0.3) is 0 Å². The lowest BCUT2D eigenvalue weighted by Gasteiger charge is -2.18. The summed E-state index contributed by atoms with van der Waals surface area (Å²) < 4.78 is 7.30.